The maximum atomic E-state index is 13.3. The van der Waals surface area contributed by atoms with Crippen LogP contribution in [-0.2, 0) is 22.8 Å². The highest BCUT2D eigenvalue weighted by atomic mass is 79.9. The van der Waals surface area contributed by atoms with Crippen molar-refractivity contribution in [3.63, 3.8) is 0 Å². The molecule has 1 saturated heterocycles. The fourth-order valence-electron chi connectivity index (χ4n) is 4.13. The van der Waals surface area contributed by atoms with Crippen LogP contribution in [0.5, 0.6) is 17.2 Å². The number of hydrogen-bond acceptors (Lipinski definition) is 6. The predicted octanol–water partition coefficient (Wildman–Crippen LogP) is 6.28. The Morgan fingerprint density at radius 1 is 0.780 bits per heavy atom. The molecule has 1 N–H and O–H groups in total. The maximum absolute atomic E-state index is 13.3. The number of nitrogens with one attached hydrogen (secondary N) is 1. The number of nitrogens with zero attached hydrogens (tertiary/aromatic N) is 1. The van der Waals surface area contributed by atoms with Crippen LogP contribution in [0.2, 0.25) is 0 Å². The molecule has 0 unspecified atom stereocenters. The minimum absolute atomic E-state index is 0.194. The van der Waals surface area contributed by atoms with E-state index in [9.17, 15) is 14.4 Å². The summed E-state index contributed by atoms with van der Waals surface area (Å²) >= 11 is 3.40. The van der Waals surface area contributed by atoms with Gasteiger partial charge in [0, 0.05) is 4.47 Å². The Morgan fingerprint density at radius 2 is 1.46 bits per heavy atom. The molecule has 0 atom stereocenters. The van der Waals surface area contributed by atoms with E-state index >= 15 is 0 Å². The molecule has 0 aliphatic carbocycles. The van der Waals surface area contributed by atoms with E-state index in [1.807, 2.05) is 54.6 Å². The van der Waals surface area contributed by atoms with Gasteiger partial charge in [0.2, 0.25) is 0 Å². The van der Waals surface area contributed by atoms with Gasteiger partial charge in [0.15, 0.2) is 11.5 Å². The van der Waals surface area contributed by atoms with Gasteiger partial charge in [-0.05, 0) is 71.3 Å². The topological polar surface area (TPSA) is 94.2 Å². The van der Waals surface area contributed by atoms with Gasteiger partial charge in [-0.25, -0.2) is 9.69 Å². The van der Waals surface area contributed by atoms with Crippen LogP contribution in [0.3, 0.4) is 0 Å². The largest absolute Gasteiger partial charge is 0.493 e. The van der Waals surface area contributed by atoms with E-state index in [2.05, 4.69) is 21.2 Å². The first-order chi connectivity index (χ1) is 19.9. The monoisotopic (exact) mass is 612 g/mol. The normalized spacial score (nSPS) is 14.1. The number of hydrogen-bond donors (Lipinski definition) is 1. The highest BCUT2D eigenvalue weighted by Crippen LogP contribution is 2.31. The summed E-state index contributed by atoms with van der Waals surface area (Å²) in [5, 5.41) is 2.24. The third-order valence-electron chi connectivity index (χ3n) is 6.25. The van der Waals surface area contributed by atoms with Gasteiger partial charge in [0.25, 0.3) is 11.8 Å². The number of halogens is 1. The van der Waals surface area contributed by atoms with Crippen molar-refractivity contribution in [2.75, 3.05) is 12.0 Å². The molecule has 8 nitrogen and oxygen atoms in total. The third-order valence-corrected chi connectivity index (χ3v) is 6.78. The van der Waals surface area contributed by atoms with Gasteiger partial charge >= 0.3 is 6.03 Å². The summed E-state index contributed by atoms with van der Waals surface area (Å²) in [5.74, 6) is -0.0162. The van der Waals surface area contributed by atoms with E-state index in [1.165, 1.54) is 13.2 Å². The number of ether oxygens (including phenoxy) is 3. The molecule has 1 fully saturated rings. The summed E-state index contributed by atoms with van der Waals surface area (Å²) in [4.78, 5) is 39.5. The average Bonchev–Trinajstić information content (AvgIpc) is 2.99. The molecule has 0 spiro atoms. The minimum atomic E-state index is -0.831. The van der Waals surface area contributed by atoms with Crippen molar-refractivity contribution >= 4 is 45.5 Å². The second kappa shape index (κ2) is 12.5. The summed E-state index contributed by atoms with van der Waals surface area (Å²) in [6.07, 6.45) is 1.41. The zero-order valence-electron chi connectivity index (χ0n) is 22.0. The Bertz CT molecular complexity index is 1600. The Hall–Kier alpha value is -4.89. The lowest BCUT2D eigenvalue weighted by Crippen LogP contribution is -2.54. The lowest BCUT2D eigenvalue weighted by molar-refractivity contribution is -0.122. The zero-order valence-corrected chi connectivity index (χ0v) is 23.6. The molecular formula is C32H25BrN2O6. The molecule has 4 aromatic carbocycles. The van der Waals surface area contributed by atoms with E-state index in [0.717, 1.165) is 20.5 Å². The van der Waals surface area contributed by atoms with Crippen molar-refractivity contribution in [2.24, 2.45) is 0 Å². The molecule has 4 aromatic rings. The van der Waals surface area contributed by atoms with Crippen molar-refractivity contribution in [3.8, 4) is 17.2 Å². The van der Waals surface area contributed by atoms with Crippen LogP contribution in [0.1, 0.15) is 16.7 Å². The molecule has 0 radical (unpaired) electrons. The Kier molecular flexibility index (Phi) is 8.45. The number of anilines is 1. The Labute approximate surface area is 245 Å². The first kappa shape index (κ1) is 27.7. The van der Waals surface area contributed by atoms with E-state index < -0.39 is 17.8 Å². The summed E-state index contributed by atoms with van der Waals surface area (Å²) in [5.41, 5.74) is 2.62. The molecule has 0 saturated carbocycles. The van der Waals surface area contributed by atoms with E-state index in [4.69, 9.17) is 14.2 Å². The van der Waals surface area contributed by atoms with Crippen molar-refractivity contribution in [1.82, 2.24) is 5.32 Å². The minimum Gasteiger partial charge on any atom is -0.493 e. The van der Waals surface area contributed by atoms with Crippen molar-refractivity contribution < 1.29 is 28.6 Å². The maximum Gasteiger partial charge on any atom is 0.335 e. The molecule has 206 valence electrons. The van der Waals surface area contributed by atoms with Gasteiger partial charge in [-0.1, -0.05) is 64.5 Å². The summed E-state index contributed by atoms with van der Waals surface area (Å²) in [6.45, 7) is 0.709. The number of imide groups is 2. The number of barbiturate groups is 1. The number of carbonyl (C=O) groups excluding carboxylic acids is 3. The number of amides is 4. The fourth-order valence-corrected chi connectivity index (χ4v) is 4.39. The van der Waals surface area contributed by atoms with E-state index in [0.29, 0.717) is 41.7 Å². The zero-order chi connectivity index (χ0) is 28.8. The Balaban J connectivity index is 1.31. The van der Waals surface area contributed by atoms with Crippen molar-refractivity contribution in [2.45, 2.75) is 13.2 Å². The van der Waals surface area contributed by atoms with Crippen LogP contribution in [0.15, 0.2) is 107 Å². The highest BCUT2D eigenvalue weighted by molar-refractivity contribution is 9.10. The van der Waals surface area contributed by atoms with Gasteiger partial charge in [0.1, 0.15) is 24.5 Å². The SMILES string of the molecule is COc1cc(/C=C2\C(=O)NC(=O)N(c3ccc(OCc4ccc(Br)cc4)cc3)C2=O)ccc1OCc1ccccc1. The molecule has 41 heavy (non-hydrogen) atoms. The third kappa shape index (κ3) is 6.64. The van der Waals surface area contributed by atoms with Crippen LogP contribution in [0, 0.1) is 0 Å². The lowest BCUT2D eigenvalue weighted by atomic mass is 10.1. The smallest absolute Gasteiger partial charge is 0.335 e. The van der Waals surface area contributed by atoms with Gasteiger partial charge in [-0.15, -0.1) is 0 Å². The van der Waals surface area contributed by atoms with Crippen LogP contribution in [0.25, 0.3) is 6.08 Å². The van der Waals surface area contributed by atoms with E-state index in [-0.39, 0.29) is 5.57 Å². The number of rotatable bonds is 9. The van der Waals surface area contributed by atoms with Gasteiger partial charge in [-0.3, -0.25) is 14.9 Å². The van der Waals surface area contributed by atoms with E-state index in [1.54, 1.807) is 42.5 Å². The first-order valence-corrected chi connectivity index (χ1v) is 13.4. The molecule has 1 aliphatic heterocycles. The molecular weight excluding hydrogens is 588 g/mol. The predicted molar refractivity (Wildman–Crippen MR) is 158 cm³/mol. The molecule has 4 amide bonds. The number of methoxy groups -OCH3 is 1. The first-order valence-electron chi connectivity index (χ1n) is 12.6. The molecule has 9 heteroatoms. The van der Waals surface area contributed by atoms with Crippen LogP contribution in [-0.4, -0.2) is 25.0 Å². The van der Waals surface area contributed by atoms with Gasteiger partial charge in [0.05, 0.1) is 12.8 Å². The van der Waals surface area contributed by atoms with Crippen LogP contribution in [0.4, 0.5) is 10.5 Å². The molecule has 1 heterocycles. The molecule has 0 bridgehead atoms. The fraction of sp³-hybridized carbons (Fsp3) is 0.0938. The Morgan fingerprint density at radius 3 is 2.17 bits per heavy atom. The van der Waals surface area contributed by atoms with Crippen molar-refractivity contribution in [3.05, 3.63) is 124 Å². The number of carbonyl (C=O) groups is 3. The number of benzene rings is 4. The molecule has 5 rings (SSSR count). The summed E-state index contributed by atoms with van der Waals surface area (Å²) in [7, 11) is 1.51. The van der Waals surface area contributed by atoms with Gasteiger partial charge < -0.3 is 14.2 Å². The standard InChI is InChI=1S/C32H25BrN2O6/c1-39-29-18-23(9-16-28(29)41-20-21-5-3-2-4-6-21)17-27-30(36)34-32(38)35(31(27)37)25-12-14-26(15-13-25)40-19-22-7-10-24(33)11-8-22/h2-18H,19-20H2,1H3,(H,34,36,38)/b27-17+. The highest BCUT2D eigenvalue weighted by Gasteiger charge is 2.36. The number of urea groups is 1. The molecule has 1 aliphatic rings. The quantitative estimate of drug-likeness (QED) is 0.176. The second-order valence-electron chi connectivity index (χ2n) is 9.05. The molecule has 0 aromatic heterocycles. The lowest BCUT2D eigenvalue weighted by Gasteiger charge is -2.26. The summed E-state index contributed by atoms with van der Waals surface area (Å²) in [6, 6.07) is 28.2. The van der Waals surface area contributed by atoms with Crippen LogP contribution >= 0.6 is 15.9 Å². The summed E-state index contributed by atoms with van der Waals surface area (Å²) < 4.78 is 18.2. The second-order valence-corrected chi connectivity index (χ2v) is 9.97. The van der Waals surface area contributed by atoms with Crippen molar-refractivity contribution in [1.29, 1.82) is 0 Å². The average molecular weight is 613 g/mol. The van der Waals surface area contributed by atoms with Crippen LogP contribution < -0.4 is 24.4 Å². The van der Waals surface area contributed by atoms with Gasteiger partial charge in [-0.2, -0.15) is 0 Å².